The summed E-state index contributed by atoms with van der Waals surface area (Å²) in [6, 6.07) is 7.93. The average Bonchev–Trinajstić information content (AvgIpc) is 2.50. The van der Waals surface area contributed by atoms with Crippen molar-refractivity contribution in [3.05, 3.63) is 49.1 Å². The Bertz CT molecular complexity index is 420. The molecule has 2 aromatic heterocycles. The van der Waals surface area contributed by atoms with E-state index in [1.54, 1.807) is 24.8 Å². The van der Waals surface area contributed by atoms with Crippen molar-refractivity contribution in [3.8, 4) is 11.1 Å². The molecule has 0 amide bonds. The summed E-state index contributed by atoms with van der Waals surface area (Å²) in [6.07, 6.45) is 7.15. The van der Waals surface area contributed by atoms with E-state index in [0.717, 1.165) is 0 Å². The SMILES string of the molecule is C[CH2][Sn]([I])([I])[CH2]C.c1cc(-c2ccncc2)ccn1. The molecule has 2 nitrogen and oxygen atoms in total. The third-order valence-electron chi connectivity index (χ3n) is 2.73. The zero-order valence-corrected chi connectivity index (χ0v) is 18.4. The maximum Gasteiger partial charge on any atom is 0.0273 e. The van der Waals surface area contributed by atoms with Crippen molar-refractivity contribution >= 4 is 47.7 Å². The van der Waals surface area contributed by atoms with Gasteiger partial charge >= 0.3 is 70.4 Å². The fourth-order valence-electron chi connectivity index (χ4n) is 1.34. The van der Waals surface area contributed by atoms with Gasteiger partial charge in [0.2, 0.25) is 0 Å². The molecule has 2 aromatic rings. The molecule has 0 fully saturated rings. The zero-order valence-electron chi connectivity index (χ0n) is 11.2. The summed E-state index contributed by atoms with van der Waals surface area (Å²) in [4.78, 5) is 7.91. The molecule has 0 bridgehead atoms. The molecule has 2 rings (SSSR count). The zero-order chi connectivity index (χ0) is 14.1. The van der Waals surface area contributed by atoms with Crippen LogP contribution >= 0.6 is 37.3 Å². The predicted octanol–water partition coefficient (Wildman–Crippen LogP) is 5.48. The minimum absolute atomic E-state index is 1.17. The van der Waals surface area contributed by atoms with Gasteiger partial charge in [-0.2, -0.15) is 0 Å². The molecule has 0 aromatic carbocycles. The van der Waals surface area contributed by atoms with Crippen molar-refractivity contribution in [3.63, 3.8) is 0 Å². The standard InChI is InChI=1S/C10H8N2.2C2H5.2HI.Sn/c1-5-11-6-2-9(1)10-3-7-12-8-4-10;2*1-2;;;/h1-8H;2*1H2,2H3;2*1H;/q;;;;;+2/p-2. The number of pyridine rings is 2. The third-order valence-corrected chi connectivity index (χ3v) is 29.1. The molecule has 0 saturated heterocycles. The van der Waals surface area contributed by atoms with Gasteiger partial charge in [0.15, 0.2) is 0 Å². The van der Waals surface area contributed by atoms with Crippen molar-refractivity contribution in [1.29, 1.82) is 0 Å². The molecular weight excluding hydrogens is 569 g/mol. The number of nitrogens with zero attached hydrogens (tertiary/aromatic N) is 2. The van der Waals surface area contributed by atoms with Crippen LogP contribution < -0.4 is 0 Å². The Balaban J connectivity index is 0.000000224. The van der Waals surface area contributed by atoms with Gasteiger partial charge in [-0.05, 0) is 35.4 Å². The van der Waals surface area contributed by atoms with Crippen LogP contribution in [0.5, 0.6) is 0 Å². The summed E-state index contributed by atoms with van der Waals surface area (Å²) in [7, 11) is -1.34. The molecule has 0 N–H and O–H groups in total. The van der Waals surface area contributed by atoms with Gasteiger partial charge in [-0.25, -0.2) is 0 Å². The molecule has 102 valence electrons. The molecule has 5 heteroatoms. The second-order valence-corrected chi connectivity index (χ2v) is 54.5. The van der Waals surface area contributed by atoms with Crippen LogP contribution in [0.15, 0.2) is 49.1 Å². The average molecular weight is 587 g/mol. The topological polar surface area (TPSA) is 25.8 Å². The number of halogens is 2. The summed E-state index contributed by atoms with van der Waals surface area (Å²) in [5.41, 5.74) is 2.35. The minimum Gasteiger partial charge on any atom is -0.265 e. The van der Waals surface area contributed by atoms with Crippen LogP contribution in [0.25, 0.3) is 11.1 Å². The summed E-state index contributed by atoms with van der Waals surface area (Å²) in [5.74, 6) is 0. The monoisotopic (exact) mass is 588 g/mol. The van der Waals surface area contributed by atoms with E-state index in [1.165, 1.54) is 20.0 Å². The molecule has 0 radical (unpaired) electrons. The van der Waals surface area contributed by atoms with E-state index in [9.17, 15) is 0 Å². The number of hydrogen-bond donors (Lipinski definition) is 0. The van der Waals surface area contributed by atoms with E-state index >= 15 is 0 Å². The van der Waals surface area contributed by atoms with Crippen LogP contribution in [-0.4, -0.2) is 20.4 Å². The summed E-state index contributed by atoms with van der Waals surface area (Å²) in [5, 5.41) is 0. The molecule has 0 unspecified atom stereocenters. The van der Waals surface area contributed by atoms with Crippen LogP contribution in [0.3, 0.4) is 0 Å². The first kappa shape index (κ1) is 17.6. The Morgan fingerprint density at radius 2 is 1.11 bits per heavy atom. The molecular formula is C14H18I2N2Sn. The molecule has 0 saturated carbocycles. The third kappa shape index (κ3) is 7.21. The van der Waals surface area contributed by atoms with Crippen molar-refractivity contribution < 1.29 is 0 Å². The first-order chi connectivity index (χ1) is 9.09. The first-order valence-electron chi connectivity index (χ1n) is 6.27. The van der Waals surface area contributed by atoms with E-state index in [-0.39, 0.29) is 0 Å². The molecule has 0 aliphatic rings. The van der Waals surface area contributed by atoms with Gasteiger partial charge in [0.25, 0.3) is 0 Å². The Hall–Kier alpha value is 0.559. The van der Waals surface area contributed by atoms with Crippen LogP contribution in [0.1, 0.15) is 13.8 Å². The number of rotatable bonds is 3. The number of hydrogen-bond acceptors (Lipinski definition) is 2. The summed E-state index contributed by atoms with van der Waals surface area (Å²) < 4.78 is 2.96. The molecule has 19 heavy (non-hydrogen) atoms. The van der Waals surface area contributed by atoms with E-state index in [1.807, 2.05) is 24.3 Å². The van der Waals surface area contributed by atoms with Crippen LogP contribution in [-0.2, 0) is 0 Å². The van der Waals surface area contributed by atoms with Gasteiger partial charge in [0.05, 0.1) is 0 Å². The second kappa shape index (κ2) is 9.49. The van der Waals surface area contributed by atoms with Crippen LogP contribution in [0.2, 0.25) is 8.87 Å². The fourth-order valence-corrected chi connectivity index (χ4v) is 2.77. The van der Waals surface area contributed by atoms with E-state index in [4.69, 9.17) is 0 Å². The van der Waals surface area contributed by atoms with Gasteiger partial charge in [-0.1, -0.05) is 0 Å². The van der Waals surface area contributed by atoms with E-state index in [0.29, 0.717) is 0 Å². The van der Waals surface area contributed by atoms with Crippen LogP contribution in [0.4, 0.5) is 0 Å². The Morgan fingerprint density at radius 3 is 1.32 bits per heavy atom. The number of aromatic nitrogens is 2. The first-order valence-corrected chi connectivity index (χ1v) is 26.9. The summed E-state index contributed by atoms with van der Waals surface area (Å²) in [6.45, 7) is 4.64. The maximum atomic E-state index is 3.96. The Morgan fingerprint density at radius 1 is 0.789 bits per heavy atom. The van der Waals surface area contributed by atoms with E-state index < -0.39 is 10.4 Å². The fraction of sp³-hybridized carbons (Fsp3) is 0.286. The molecule has 0 aliphatic carbocycles. The van der Waals surface area contributed by atoms with Crippen molar-refractivity contribution in [2.24, 2.45) is 0 Å². The maximum absolute atomic E-state index is 3.96. The van der Waals surface area contributed by atoms with E-state index in [2.05, 4.69) is 61.1 Å². The van der Waals surface area contributed by atoms with Crippen molar-refractivity contribution in [2.45, 2.75) is 22.7 Å². The molecule has 0 atom stereocenters. The normalized spacial score (nSPS) is 10.5. The smallest absolute Gasteiger partial charge is 0.0273 e. The molecule has 0 aliphatic heterocycles. The second-order valence-electron chi connectivity index (χ2n) is 4.03. The molecule has 2 heterocycles. The Kier molecular flexibility index (Phi) is 8.79. The minimum atomic E-state index is -1.34. The molecule has 0 spiro atoms. The predicted molar refractivity (Wildman–Crippen MR) is 102 cm³/mol. The van der Waals surface area contributed by atoms with Gasteiger partial charge in [0.1, 0.15) is 0 Å². The Labute approximate surface area is 139 Å². The van der Waals surface area contributed by atoms with Crippen molar-refractivity contribution in [1.82, 2.24) is 9.97 Å². The summed E-state index contributed by atoms with van der Waals surface area (Å²) >= 11 is 5.40. The van der Waals surface area contributed by atoms with Crippen LogP contribution in [0, 0.1) is 0 Å². The van der Waals surface area contributed by atoms with Gasteiger partial charge in [-0.15, -0.1) is 0 Å². The van der Waals surface area contributed by atoms with Crippen molar-refractivity contribution in [2.75, 3.05) is 0 Å². The van der Waals surface area contributed by atoms with Gasteiger partial charge in [0, 0.05) is 24.8 Å². The van der Waals surface area contributed by atoms with Gasteiger partial charge in [-0.3, -0.25) is 9.97 Å². The van der Waals surface area contributed by atoms with Gasteiger partial charge < -0.3 is 0 Å². The largest absolute Gasteiger partial charge is 0.265 e. The quantitative estimate of drug-likeness (QED) is 0.352.